The van der Waals surface area contributed by atoms with Gasteiger partial charge in [-0.3, -0.25) is 4.90 Å². The Balaban J connectivity index is 2.30. The van der Waals surface area contributed by atoms with E-state index in [1.54, 1.807) is 0 Å². The number of halogens is 1. The number of pyridine rings is 1. The first-order valence-corrected chi connectivity index (χ1v) is 7.90. The summed E-state index contributed by atoms with van der Waals surface area (Å²) >= 11 is 6.04. The molecule has 112 valence electrons. The van der Waals surface area contributed by atoms with Crippen molar-refractivity contribution in [3.8, 4) is 0 Å². The second-order valence-electron chi connectivity index (χ2n) is 6.70. The van der Waals surface area contributed by atoms with Gasteiger partial charge in [-0.25, -0.2) is 4.98 Å². The van der Waals surface area contributed by atoms with Crippen molar-refractivity contribution in [3.05, 3.63) is 23.4 Å². The molecule has 1 aromatic rings. The van der Waals surface area contributed by atoms with Gasteiger partial charge in [0.1, 0.15) is 5.82 Å². The fourth-order valence-corrected chi connectivity index (χ4v) is 2.72. The van der Waals surface area contributed by atoms with Crippen LogP contribution in [0.4, 0.5) is 5.82 Å². The number of alkyl halides is 1. The molecule has 0 aliphatic carbocycles. The first-order valence-electron chi connectivity index (χ1n) is 7.36. The molecule has 0 saturated carbocycles. The maximum Gasteiger partial charge on any atom is 0.129 e. The van der Waals surface area contributed by atoms with Crippen molar-refractivity contribution in [3.63, 3.8) is 0 Å². The van der Waals surface area contributed by atoms with Gasteiger partial charge < -0.3 is 4.90 Å². The Morgan fingerprint density at radius 1 is 1.30 bits per heavy atom. The third-order valence-electron chi connectivity index (χ3n) is 4.28. The molecule has 1 saturated heterocycles. The zero-order valence-electron chi connectivity index (χ0n) is 13.3. The normalized spacial score (nSPS) is 19.6. The van der Waals surface area contributed by atoms with Crippen molar-refractivity contribution < 1.29 is 0 Å². The van der Waals surface area contributed by atoms with Gasteiger partial charge in [0, 0.05) is 36.7 Å². The quantitative estimate of drug-likeness (QED) is 0.796. The standard InChI is InChI=1S/C16H26ClN3/c1-12(2)14-8-13(10-17)9-15(18-14)20-7-6-19(5)16(3,4)11-20/h8-9,12H,6-7,10-11H2,1-5H3. The van der Waals surface area contributed by atoms with Crippen LogP contribution < -0.4 is 4.90 Å². The van der Waals surface area contributed by atoms with Crippen molar-refractivity contribution in [2.75, 3.05) is 31.6 Å². The summed E-state index contributed by atoms with van der Waals surface area (Å²) in [6.07, 6.45) is 0. The predicted octanol–water partition coefficient (Wildman–Crippen LogP) is 3.47. The lowest BCUT2D eigenvalue weighted by Crippen LogP contribution is -2.57. The van der Waals surface area contributed by atoms with Gasteiger partial charge in [0.05, 0.1) is 0 Å². The van der Waals surface area contributed by atoms with E-state index in [2.05, 4.69) is 56.7 Å². The SMILES string of the molecule is CC(C)c1cc(CCl)cc(N2CCN(C)C(C)(C)C2)n1. The highest BCUT2D eigenvalue weighted by Gasteiger charge is 2.31. The number of rotatable bonds is 3. The summed E-state index contributed by atoms with van der Waals surface area (Å²) in [7, 11) is 2.19. The zero-order chi connectivity index (χ0) is 14.9. The van der Waals surface area contributed by atoms with E-state index >= 15 is 0 Å². The van der Waals surface area contributed by atoms with Gasteiger partial charge in [-0.1, -0.05) is 13.8 Å². The van der Waals surface area contributed by atoms with Gasteiger partial charge in [-0.2, -0.15) is 0 Å². The number of piperazine rings is 1. The van der Waals surface area contributed by atoms with Crippen LogP contribution in [0.5, 0.6) is 0 Å². The molecule has 2 rings (SSSR count). The Bertz CT molecular complexity index is 471. The molecular weight excluding hydrogens is 270 g/mol. The third kappa shape index (κ3) is 3.26. The molecular formula is C16H26ClN3. The van der Waals surface area contributed by atoms with Crippen LogP contribution in [0.3, 0.4) is 0 Å². The minimum Gasteiger partial charge on any atom is -0.353 e. The van der Waals surface area contributed by atoms with E-state index in [1.165, 1.54) is 0 Å². The number of nitrogens with zero attached hydrogens (tertiary/aromatic N) is 3. The van der Waals surface area contributed by atoms with Crippen LogP contribution in [-0.4, -0.2) is 42.1 Å². The number of hydrogen-bond acceptors (Lipinski definition) is 3. The molecule has 1 aliphatic heterocycles. The minimum absolute atomic E-state index is 0.175. The van der Waals surface area contributed by atoms with Crippen LogP contribution in [0.25, 0.3) is 0 Å². The van der Waals surface area contributed by atoms with Gasteiger partial charge in [-0.05, 0) is 44.5 Å². The lowest BCUT2D eigenvalue weighted by Gasteiger charge is -2.46. The minimum atomic E-state index is 0.175. The molecule has 0 aromatic carbocycles. The van der Waals surface area contributed by atoms with Crippen molar-refractivity contribution in [2.24, 2.45) is 0 Å². The zero-order valence-corrected chi connectivity index (χ0v) is 14.0. The van der Waals surface area contributed by atoms with Crippen LogP contribution in [0.1, 0.15) is 44.9 Å². The fourth-order valence-electron chi connectivity index (χ4n) is 2.56. The largest absolute Gasteiger partial charge is 0.353 e. The molecule has 0 unspecified atom stereocenters. The Morgan fingerprint density at radius 3 is 2.55 bits per heavy atom. The fraction of sp³-hybridized carbons (Fsp3) is 0.688. The molecule has 1 fully saturated rings. The summed E-state index contributed by atoms with van der Waals surface area (Å²) < 4.78 is 0. The van der Waals surface area contributed by atoms with Gasteiger partial charge in [0.15, 0.2) is 0 Å². The van der Waals surface area contributed by atoms with E-state index in [9.17, 15) is 0 Å². The molecule has 2 heterocycles. The molecule has 0 atom stereocenters. The summed E-state index contributed by atoms with van der Waals surface area (Å²) in [6.45, 7) is 12.0. The van der Waals surface area contributed by atoms with E-state index in [0.29, 0.717) is 11.8 Å². The van der Waals surface area contributed by atoms with Crippen LogP contribution in [0.2, 0.25) is 0 Å². The van der Waals surface area contributed by atoms with Crippen molar-refractivity contribution in [1.29, 1.82) is 0 Å². The molecule has 0 bridgehead atoms. The smallest absolute Gasteiger partial charge is 0.129 e. The molecule has 1 aliphatic rings. The molecule has 0 spiro atoms. The van der Waals surface area contributed by atoms with Crippen molar-refractivity contribution in [1.82, 2.24) is 9.88 Å². The van der Waals surface area contributed by atoms with E-state index in [0.717, 1.165) is 36.7 Å². The highest BCUT2D eigenvalue weighted by atomic mass is 35.5. The van der Waals surface area contributed by atoms with Crippen LogP contribution in [0, 0.1) is 0 Å². The van der Waals surface area contributed by atoms with Crippen LogP contribution >= 0.6 is 11.6 Å². The Morgan fingerprint density at radius 2 is 2.00 bits per heavy atom. The highest BCUT2D eigenvalue weighted by molar-refractivity contribution is 6.17. The lowest BCUT2D eigenvalue weighted by atomic mass is 9.99. The average molecular weight is 296 g/mol. The van der Waals surface area contributed by atoms with Crippen LogP contribution in [0.15, 0.2) is 12.1 Å². The first kappa shape index (κ1) is 15.6. The molecule has 20 heavy (non-hydrogen) atoms. The topological polar surface area (TPSA) is 19.4 Å². The summed E-state index contributed by atoms with van der Waals surface area (Å²) in [4.78, 5) is 9.65. The summed E-state index contributed by atoms with van der Waals surface area (Å²) in [5.74, 6) is 2.05. The Hall–Kier alpha value is -0.800. The summed E-state index contributed by atoms with van der Waals surface area (Å²) in [5, 5.41) is 0. The molecule has 1 aromatic heterocycles. The Labute approximate surface area is 127 Å². The van der Waals surface area contributed by atoms with Crippen LogP contribution in [-0.2, 0) is 5.88 Å². The van der Waals surface area contributed by atoms with E-state index in [1.807, 2.05) is 0 Å². The maximum absolute atomic E-state index is 6.04. The second-order valence-corrected chi connectivity index (χ2v) is 6.97. The maximum atomic E-state index is 6.04. The molecule has 0 N–H and O–H groups in total. The number of likely N-dealkylation sites (N-methyl/N-ethyl adjacent to an activating group) is 1. The van der Waals surface area contributed by atoms with E-state index < -0.39 is 0 Å². The second kappa shape index (κ2) is 5.90. The molecule has 4 heteroatoms. The molecule has 0 radical (unpaired) electrons. The van der Waals surface area contributed by atoms with Crippen molar-refractivity contribution >= 4 is 17.4 Å². The summed E-state index contributed by atoms with van der Waals surface area (Å²) in [6, 6.07) is 4.27. The number of anilines is 1. The summed E-state index contributed by atoms with van der Waals surface area (Å²) in [5.41, 5.74) is 2.47. The Kier molecular flexibility index (Phi) is 4.60. The first-order chi connectivity index (χ1) is 9.33. The average Bonchev–Trinajstić information content (AvgIpc) is 2.41. The van der Waals surface area contributed by atoms with Gasteiger partial charge in [0.25, 0.3) is 0 Å². The lowest BCUT2D eigenvalue weighted by molar-refractivity contribution is 0.138. The predicted molar refractivity (Wildman–Crippen MR) is 86.8 cm³/mol. The number of hydrogen-bond donors (Lipinski definition) is 0. The third-order valence-corrected chi connectivity index (χ3v) is 4.59. The van der Waals surface area contributed by atoms with Gasteiger partial charge in [-0.15, -0.1) is 11.6 Å². The number of aromatic nitrogens is 1. The molecule has 0 amide bonds. The molecule has 3 nitrogen and oxygen atoms in total. The van der Waals surface area contributed by atoms with E-state index in [4.69, 9.17) is 16.6 Å². The van der Waals surface area contributed by atoms with Gasteiger partial charge in [0.2, 0.25) is 0 Å². The van der Waals surface area contributed by atoms with E-state index in [-0.39, 0.29) is 5.54 Å². The monoisotopic (exact) mass is 295 g/mol. The van der Waals surface area contributed by atoms with Crippen molar-refractivity contribution in [2.45, 2.75) is 45.0 Å². The van der Waals surface area contributed by atoms with Gasteiger partial charge >= 0.3 is 0 Å². The highest BCUT2D eigenvalue weighted by Crippen LogP contribution is 2.26.